The molecule has 0 fully saturated rings. The van der Waals surface area contributed by atoms with Gasteiger partial charge in [0.2, 0.25) is 5.91 Å². The van der Waals surface area contributed by atoms with Crippen molar-refractivity contribution in [1.29, 1.82) is 0 Å². The van der Waals surface area contributed by atoms with E-state index in [1.807, 2.05) is 6.26 Å². The number of hydrogen-bond acceptors (Lipinski definition) is 3. The van der Waals surface area contributed by atoms with E-state index < -0.39 is 0 Å². The second-order valence-electron chi connectivity index (χ2n) is 4.35. The summed E-state index contributed by atoms with van der Waals surface area (Å²) in [5.74, 6) is 0.724. The molecule has 0 bridgehead atoms. The van der Waals surface area contributed by atoms with Gasteiger partial charge in [-0.05, 0) is 30.8 Å². The van der Waals surface area contributed by atoms with Gasteiger partial charge in [-0.2, -0.15) is 0 Å². The Balaban J connectivity index is 3.15. The average Bonchev–Trinajstić information content (AvgIpc) is 2.25. The lowest BCUT2D eigenvalue weighted by molar-refractivity contribution is -0.121. The Bertz CT molecular complexity index is 174. The van der Waals surface area contributed by atoms with Gasteiger partial charge in [0.05, 0.1) is 6.61 Å². The summed E-state index contributed by atoms with van der Waals surface area (Å²) in [6.45, 7) is 5.82. The maximum atomic E-state index is 11.3. The summed E-state index contributed by atoms with van der Waals surface area (Å²) in [6.07, 6.45) is 6.94. The quantitative estimate of drug-likeness (QED) is 0.476. The summed E-state index contributed by atoms with van der Waals surface area (Å²) in [5.41, 5.74) is 0. The lowest BCUT2D eigenvalue weighted by Crippen LogP contribution is -2.26. The molecule has 0 aliphatic heterocycles. The normalized spacial score (nSPS) is 10.8. The summed E-state index contributed by atoms with van der Waals surface area (Å²) < 4.78 is 5.16. The molecule has 0 saturated heterocycles. The third-order valence-electron chi connectivity index (χ3n) is 2.21. The molecule has 1 amide bonds. The van der Waals surface area contributed by atoms with Crippen LogP contribution in [0, 0.1) is 5.92 Å². The van der Waals surface area contributed by atoms with Crippen molar-refractivity contribution in [2.45, 2.75) is 46.0 Å². The fraction of sp³-hybridized carbons (Fsp3) is 0.917. The van der Waals surface area contributed by atoms with Crippen LogP contribution in [-0.4, -0.2) is 25.3 Å². The summed E-state index contributed by atoms with van der Waals surface area (Å²) in [7, 11) is 0. The molecule has 0 atom stereocenters. The van der Waals surface area contributed by atoms with Crippen molar-refractivity contribution in [2.24, 2.45) is 5.92 Å². The van der Waals surface area contributed by atoms with Crippen molar-refractivity contribution in [3.8, 4) is 0 Å². The Morgan fingerprint density at radius 3 is 2.56 bits per heavy atom. The third-order valence-corrected chi connectivity index (χ3v) is 2.61. The first-order valence-electron chi connectivity index (χ1n) is 6.09. The van der Waals surface area contributed by atoms with Crippen molar-refractivity contribution in [3.63, 3.8) is 0 Å². The van der Waals surface area contributed by atoms with E-state index >= 15 is 0 Å². The van der Waals surface area contributed by atoms with Gasteiger partial charge in [-0.25, -0.2) is 0 Å². The number of carbonyl (C=O) groups excluding carboxylic acids is 1. The largest absolute Gasteiger partial charge is 0.356 e. The highest BCUT2D eigenvalue weighted by Crippen LogP contribution is 2.05. The number of amides is 1. The predicted octanol–water partition coefficient (Wildman–Crippen LogP) is 3.00. The zero-order chi connectivity index (χ0) is 12.2. The maximum Gasteiger partial charge on any atom is 0.220 e. The standard InChI is InChI=1S/C12H25NO2S/c1-11(2)10-13-12(14)8-6-4-5-7-9-15-16-3/h11H,4-10H2,1-3H3,(H,13,14). The number of hydrogen-bond donors (Lipinski definition) is 1. The van der Waals surface area contributed by atoms with E-state index in [0.717, 1.165) is 38.8 Å². The second-order valence-corrected chi connectivity index (χ2v) is 4.92. The van der Waals surface area contributed by atoms with Gasteiger partial charge in [-0.15, -0.1) is 0 Å². The minimum absolute atomic E-state index is 0.189. The molecule has 0 spiro atoms. The molecule has 0 unspecified atom stereocenters. The third kappa shape index (κ3) is 11.9. The molecule has 0 radical (unpaired) electrons. The van der Waals surface area contributed by atoms with E-state index in [9.17, 15) is 4.79 Å². The van der Waals surface area contributed by atoms with E-state index in [1.165, 1.54) is 12.0 Å². The minimum atomic E-state index is 0.189. The van der Waals surface area contributed by atoms with E-state index in [-0.39, 0.29) is 5.91 Å². The van der Waals surface area contributed by atoms with E-state index in [0.29, 0.717) is 12.3 Å². The Kier molecular flexibility index (Phi) is 11.1. The number of carbonyl (C=O) groups is 1. The molecular weight excluding hydrogens is 222 g/mol. The molecule has 0 saturated carbocycles. The molecule has 3 nitrogen and oxygen atoms in total. The first-order chi connectivity index (χ1) is 7.66. The van der Waals surface area contributed by atoms with Crippen molar-refractivity contribution in [1.82, 2.24) is 5.32 Å². The van der Waals surface area contributed by atoms with Crippen LogP contribution >= 0.6 is 12.0 Å². The first-order valence-corrected chi connectivity index (χ1v) is 7.24. The molecule has 0 heterocycles. The van der Waals surface area contributed by atoms with Crippen molar-refractivity contribution in [3.05, 3.63) is 0 Å². The number of nitrogens with one attached hydrogen (secondary N) is 1. The fourth-order valence-electron chi connectivity index (χ4n) is 1.29. The van der Waals surface area contributed by atoms with E-state index in [1.54, 1.807) is 0 Å². The maximum absolute atomic E-state index is 11.3. The Morgan fingerprint density at radius 1 is 1.25 bits per heavy atom. The van der Waals surface area contributed by atoms with Crippen molar-refractivity contribution >= 4 is 17.9 Å². The summed E-state index contributed by atoms with van der Waals surface area (Å²) in [4.78, 5) is 11.3. The predicted molar refractivity (Wildman–Crippen MR) is 70.4 cm³/mol. The number of rotatable bonds is 10. The van der Waals surface area contributed by atoms with Crippen LogP contribution in [0.25, 0.3) is 0 Å². The molecule has 96 valence electrons. The van der Waals surface area contributed by atoms with Gasteiger partial charge in [-0.3, -0.25) is 4.79 Å². The molecule has 16 heavy (non-hydrogen) atoms. The molecular formula is C12H25NO2S. The lowest BCUT2D eigenvalue weighted by Gasteiger charge is -2.07. The van der Waals surface area contributed by atoms with Crippen LogP contribution in [0.5, 0.6) is 0 Å². The summed E-state index contributed by atoms with van der Waals surface area (Å²) in [5, 5.41) is 2.93. The topological polar surface area (TPSA) is 38.3 Å². The van der Waals surface area contributed by atoms with Gasteiger partial charge >= 0.3 is 0 Å². The first kappa shape index (κ1) is 15.8. The molecule has 0 rings (SSSR count). The Labute approximate surface area is 104 Å². The molecule has 0 aromatic heterocycles. The molecule has 0 aliphatic rings. The van der Waals surface area contributed by atoms with Crippen LogP contribution in [0.1, 0.15) is 46.0 Å². The highest BCUT2D eigenvalue weighted by Gasteiger charge is 2.01. The SMILES string of the molecule is CSOCCCCCCC(=O)NCC(C)C. The van der Waals surface area contributed by atoms with Crippen LogP contribution in [0.4, 0.5) is 0 Å². The molecule has 0 aromatic rings. The molecule has 1 N–H and O–H groups in total. The molecule has 4 heteroatoms. The monoisotopic (exact) mass is 247 g/mol. The van der Waals surface area contributed by atoms with Gasteiger partial charge in [0, 0.05) is 19.2 Å². The zero-order valence-corrected chi connectivity index (χ0v) is 11.6. The Hall–Kier alpha value is -0.220. The smallest absolute Gasteiger partial charge is 0.220 e. The van der Waals surface area contributed by atoms with E-state index in [2.05, 4.69) is 19.2 Å². The van der Waals surface area contributed by atoms with Gasteiger partial charge in [-0.1, -0.05) is 26.7 Å². The summed E-state index contributed by atoms with van der Waals surface area (Å²) >= 11 is 1.42. The number of unbranched alkanes of at least 4 members (excludes halogenated alkanes) is 3. The highest BCUT2D eigenvalue weighted by atomic mass is 32.2. The fourth-order valence-corrected chi connectivity index (χ4v) is 1.57. The average molecular weight is 247 g/mol. The lowest BCUT2D eigenvalue weighted by atomic mass is 10.1. The van der Waals surface area contributed by atoms with Crippen molar-refractivity contribution in [2.75, 3.05) is 19.4 Å². The highest BCUT2D eigenvalue weighted by molar-refractivity contribution is 7.93. The van der Waals surface area contributed by atoms with Crippen LogP contribution in [0.2, 0.25) is 0 Å². The zero-order valence-electron chi connectivity index (χ0n) is 10.8. The summed E-state index contributed by atoms with van der Waals surface area (Å²) in [6, 6.07) is 0. The van der Waals surface area contributed by atoms with Crippen LogP contribution in [0.15, 0.2) is 0 Å². The molecule has 0 aromatic carbocycles. The van der Waals surface area contributed by atoms with E-state index in [4.69, 9.17) is 4.18 Å². The van der Waals surface area contributed by atoms with Crippen LogP contribution < -0.4 is 5.32 Å². The van der Waals surface area contributed by atoms with Gasteiger partial charge in [0.25, 0.3) is 0 Å². The van der Waals surface area contributed by atoms with Gasteiger partial charge in [0.15, 0.2) is 0 Å². The van der Waals surface area contributed by atoms with Crippen LogP contribution in [-0.2, 0) is 8.98 Å². The van der Waals surface area contributed by atoms with Gasteiger partial charge in [0.1, 0.15) is 0 Å². The van der Waals surface area contributed by atoms with Gasteiger partial charge < -0.3 is 9.50 Å². The van der Waals surface area contributed by atoms with Crippen LogP contribution in [0.3, 0.4) is 0 Å². The molecule has 0 aliphatic carbocycles. The van der Waals surface area contributed by atoms with Crippen molar-refractivity contribution < 1.29 is 8.98 Å². The minimum Gasteiger partial charge on any atom is -0.356 e. The second kappa shape index (κ2) is 11.3. The Morgan fingerprint density at radius 2 is 1.94 bits per heavy atom.